The van der Waals surface area contributed by atoms with E-state index in [-0.39, 0.29) is 6.10 Å². The zero-order valence-corrected chi connectivity index (χ0v) is 21.8. The predicted molar refractivity (Wildman–Crippen MR) is 145 cm³/mol. The number of thioether (sulfide) groups is 2. The molecule has 0 aliphatic carbocycles. The largest absolute Gasteiger partial charge is 0.414 e. The van der Waals surface area contributed by atoms with Gasteiger partial charge in [-0.1, -0.05) is 72.8 Å². The molecule has 1 atom stereocenters. The summed E-state index contributed by atoms with van der Waals surface area (Å²) in [6.45, 7) is 8.73. The van der Waals surface area contributed by atoms with Crippen molar-refractivity contribution in [1.82, 2.24) is 0 Å². The average Bonchev–Trinajstić information content (AvgIpc) is 2.79. The number of benzene rings is 3. The first-order chi connectivity index (χ1) is 15.5. The molecule has 0 amide bonds. The molecule has 32 heavy (non-hydrogen) atoms. The van der Waals surface area contributed by atoms with Gasteiger partial charge in [0.2, 0.25) is 0 Å². The Morgan fingerprint density at radius 3 is 1.81 bits per heavy atom. The normalized spacial score (nSPS) is 12.6. The molecule has 0 heterocycles. The van der Waals surface area contributed by atoms with Crippen LogP contribution in [0.4, 0.5) is 0 Å². The first-order valence-corrected chi connectivity index (χ1v) is 16.2. The van der Waals surface area contributed by atoms with E-state index in [1.54, 1.807) is 0 Å². The Balaban J connectivity index is 1.66. The van der Waals surface area contributed by atoms with Gasteiger partial charge in [-0.15, -0.1) is 30.1 Å². The fraction of sp³-hybridized carbons (Fsp3) is 0.286. The summed E-state index contributed by atoms with van der Waals surface area (Å²) in [5.41, 5.74) is 1.38. The maximum absolute atomic E-state index is 6.85. The predicted octanol–water partition coefficient (Wildman–Crippen LogP) is 8.70. The minimum absolute atomic E-state index is 0.235. The van der Waals surface area contributed by atoms with Crippen molar-refractivity contribution >= 4 is 31.8 Å². The van der Waals surface area contributed by atoms with Crippen molar-refractivity contribution in [3.05, 3.63) is 109 Å². The van der Waals surface area contributed by atoms with Gasteiger partial charge in [0.1, 0.15) is 0 Å². The van der Waals surface area contributed by atoms with Gasteiger partial charge in [-0.05, 0) is 68.2 Å². The number of hydrogen-bond donors (Lipinski definition) is 0. The van der Waals surface area contributed by atoms with E-state index in [1.165, 1.54) is 15.4 Å². The molecule has 0 saturated carbocycles. The van der Waals surface area contributed by atoms with Crippen LogP contribution in [0.5, 0.6) is 0 Å². The van der Waals surface area contributed by atoms with Crippen LogP contribution in [0.2, 0.25) is 19.1 Å². The molecule has 0 saturated heterocycles. The monoisotopic (exact) mass is 478 g/mol. The molecule has 0 spiro atoms. The van der Waals surface area contributed by atoms with Crippen molar-refractivity contribution in [2.75, 3.05) is 0 Å². The van der Waals surface area contributed by atoms with Crippen LogP contribution in [0, 0.1) is 0 Å². The Morgan fingerprint density at radius 2 is 1.31 bits per heavy atom. The van der Waals surface area contributed by atoms with E-state index in [0.29, 0.717) is 4.58 Å². The van der Waals surface area contributed by atoms with E-state index in [4.69, 9.17) is 4.43 Å². The van der Waals surface area contributed by atoms with Crippen molar-refractivity contribution in [3.63, 3.8) is 0 Å². The van der Waals surface area contributed by atoms with E-state index in [2.05, 4.69) is 111 Å². The van der Waals surface area contributed by atoms with Gasteiger partial charge in [0.05, 0.1) is 4.58 Å². The molecule has 3 rings (SSSR count). The van der Waals surface area contributed by atoms with Crippen molar-refractivity contribution < 1.29 is 4.43 Å². The average molecular weight is 479 g/mol. The molecule has 3 aromatic rings. The first kappa shape index (κ1) is 24.9. The SMILES string of the molecule is C=CCC(CCc1ccccc1)O[Si](C)(C)CC(Sc1ccccc1)Sc1ccccc1. The Bertz CT molecular complexity index is 874. The Morgan fingerprint density at radius 1 is 0.812 bits per heavy atom. The van der Waals surface area contributed by atoms with Crippen LogP contribution in [0.15, 0.2) is 113 Å². The summed E-state index contributed by atoms with van der Waals surface area (Å²) in [7, 11) is -1.90. The highest BCUT2D eigenvalue weighted by Crippen LogP contribution is 2.40. The molecule has 0 N–H and O–H groups in total. The van der Waals surface area contributed by atoms with Gasteiger partial charge in [-0.3, -0.25) is 0 Å². The minimum atomic E-state index is -1.90. The van der Waals surface area contributed by atoms with E-state index in [9.17, 15) is 0 Å². The molecule has 0 aliphatic rings. The molecule has 0 radical (unpaired) electrons. The fourth-order valence-electron chi connectivity index (χ4n) is 3.69. The second-order valence-corrected chi connectivity index (χ2v) is 15.6. The lowest BCUT2D eigenvalue weighted by Gasteiger charge is -2.32. The molecule has 0 bridgehead atoms. The Labute approximate surface area is 203 Å². The van der Waals surface area contributed by atoms with Crippen LogP contribution in [0.3, 0.4) is 0 Å². The number of rotatable bonds is 13. The van der Waals surface area contributed by atoms with E-state index < -0.39 is 8.32 Å². The smallest absolute Gasteiger partial charge is 0.189 e. The maximum Gasteiger partial charge on any atom is 0.189 e. The lowest BCUT2D eigenvalue weighted by Crippen LogP contribution is -2.37. The van der Waals surface area contributed by atoms with Gasteiger partial charge in [-0.2, -0.15) is 0 Å². The summed E-state index contributed by atoms with van der Waals surface area (Å²) >= 11 is 3.92. The van der Waals surface area contributed by atoms with Crippen molar-refractivity contribution in [2.24, 2.45) is 0 Å². The molecule has 3 aromatic carbocycles. The van der Waals surface area contributed by atoms with Gasteiger partial charge < -0.3 is 4.43 Å². The summed E-state index contributed by atoms with van der Waals surface area (Å²) < 4.78 is 7.26. The lowest BCUT2D eigenvalue weighted by molar-refractivity contribution is 0.184. The van der Waals surface area contributed by atoms with Crippen molar-refractivity contribution in [2.45, 2.75) is 58.9 Å². The van der Waals surface area contributed by atoms with Gasteiger partial charge >= 0.3 is 0 Å². The second kappa shape index (κ2) is 13.1. The minimum Gasteiger partial charge on any atom is -0.414 e. The molecular weight excluding hydrogens is 445 g/mol. The summed E-state index contributed by atoms with van der Waals surface area (Å²) in [6.07, 6.45) is 5.23. The van der Waals surface area contributed by atoms with Gasteiger partial charge in [0.25, 0.3) is 0 Å². The topological polar surface area (TPSA) is 9.23 Å². The van der Waals surface area contributed by atoms with Gasteiger partial charge in [0, 0.05) is 15.9 Å². The molecular formula is C28H34OS2Si. The highest BCUT2D eigenvalue weighted by Gasteiger charge is 2.31. The highest BCUT2D eigenvalue weighted by atomic mass is 32.2. The summed E-state index contributed by atoms with van der Waals surface area (Å²) in [4.78, 5) is 2.63. The van der Waals surface area contributed by atoms with Crippen LogP contribution in [-0.4, -0.2) is 19.0 Å². The third kappa shape index (κ3) is 9.03. The second-order valence-electron chi connectivity index (χ2n) is 8.54. The molecule has 1 unspecified atom stereocenters. The summed E-state index contributed by atoms with van der Waals surface area (Å²) in [6, 6.07) is 33.3. The first-order valence-electron chi connectivity index (χ1n) is 11.3. The van der Waals surface area contributed by atoms with Crippen LogP contribution in [0.1, 0.15) is 18.4 Å². The Kier molecular flexibility index (Phi) is 10.2. The van der Waals surface area contributed by atoms with Crippen molar-refractivity contribution in [1.29, 1.82) is 0 Å². The Hall–Kier alpha value is -1.72. The van der Waals surface area contributed by atoms with Gasteiger partial charge in [0.15, 0.2) is 8.32 Å². The van der Waals surface area contributed by atoms with E-state index >= 15 is 0 Å². The molecule has 4 heteroatoms. The fourth-order valence-corrected chi connectivity index (χ4v) is 10.9. The molecule has 0 aromatic heterocycles. The summed E-state index contributed by atoms with van der Waals surface area (Å²) in [5, 5.41) is 0. The quantitative estimate of drug-likeness (QED) is 0.105. The highest BCUT2D eigenvalue weighted by molar-refractivity contribution is 8.17. The van der Waals surface area contributed by atoms with Crippen LogP contribution in [-0.2, 0) is 10.8 Å². The van der Waals surface area contributed by atoms with E-state index in [1.807, 2.05) is 29.6 Å². The van der Waals surface area contributed by atoms with Crippen LogP contribution < -0.4 is 0 Å². The lowest BCUT2D eigenvalue weighted by atomic mass is 10.1. The number of aryl methyl sites for hydroxylation is 1. The molecule has 0 fully saturated rings. The van der Waals surface area contributed by atoms with E-state index in [0.717, 1.165) is 25.3 Å². The third-order valence-corrected chi connectivity index (χ3v) is 10.7. The zero-order valence-electron chi connectivity index (χ0n) is 19.2. The molecule has 0 aliphatic heterocycles. The molecule has 1 nitrogen and oxygen atoms in total. The molecule has 168 valence electrons. The van der Waals surface area contributed by atoms with Crippen molar-refractivity contribution in [3.8, 4) is 0 Å². The third-order valence-electron chi connectivity index (χ3n) is 5.19. The standard InChI is InChI=1S/C28H34OS2Si/c1-4-14-25(22-21-24-15-8-5-9-16-24)29-32(2,3)23-28(30-26-17-10-6-11-18-26)31-27-19-12-7-13-20-27/h4-13,15-20,25,28H,1,14,21-23H2,2-3H3. The number of hydrogen-bond acceptors (Lipinski definition) is 3. The van der Waals surface area contributed by atoms with Gasteiger partial charge in [-0.25, -0.2) is 0 Å². The maximum atomic E-state index is 6.85. The zero-order chi connectivity index (χ0) is 22.7. The van der Waals surface area contributed by atoms with Crippen LogP contribution >= 0.6 is 23.5 Å². The summed E-state index contributed by atoms with van der Waals surface area (Å²) in [5.74, 6) is 0. The van der Waals surface area contributed by atoms with Crippen LogP contribution in [0.25, 0.3) is 0 Å².